The van der Waals surface area contributed by atoms with E-state index in [4.69, 9.17) is 9.72 Å². The van der Waals surface area contributed by atoms with Gasteiger partial charge in [0.05, 0.1) is 29.9 Å². The Morgan fingerprint density at radius 1 is 1.18 bits per heavy atom. The number of aromatic nitrogens is 3. The molecule has 3 N–H and O–H groups in total. The second-order valence-corrected chi connectivity index (χ2v) is 8.68. The third-order valence-electron chi connectivity index (χ3n) is 6.16. The zero-order valence-electron chi connectivity index (χ0n) is 22.0. The Labute approximate surface area is 222 Å². The van der Waals surface area contributed by atoms with Crippen molar-refractivity contribution < 1.29 is 9.53 Å². The van der Waals surface area contributed by atoms with Gasteiger partial charge in [-0.25, -0.2) is 9.97 Å². The average molecular weight is 512 g/mol. The molecule has 0 bridgehead atoms. The van der Waals surface area contributed by atoms with Crippen molar-refractivity contribution in [3.8, 4) is 17.0 Å². The fraction of sp³-hybridized carbons (Fsp3) is 0.207. The van der Waals surface area contributed by atoms with Gasteiger partial charge in [0.2, 0.25) is 11.9 Å². The van der Waals surface area contributed by atoms with Crippen molar-refractivity contribution >= 4 is 39.8 Å². The van der Waals surface area contributed by atoms with Crippen molar-refractivity contribution in [1.29, 1.82) is 0 Å². The zero-order valence-corrected chi connectivity index (χ0v) is 22.0. The van der Waals surface area contributed by atoms with Gasteiger partial charge >= 0.3 is 0 Å². The molecule has 4 aromatic rings. The standard InChI is InChI=1S/C29H33N7O2/c1-6-15-36-19-21(20-10-8-9-11-25(20)36)22-12-13-31-29(33-22)34-24-17-23(32-28(37)7-2)26(18-27(24)38-5)35(4)16-14-30-3/h6-13,17-19,30H,1-2,14-16H2,3-5H3,(H,32,37)(H,31,33,34). The highest BCUT2D eigenvalue weighted by Crippen LogP contribution is 2.38. The topological polar surface area (TPSA) is 96.3 Å². The van der Waals surface area contributed by atoms with Crippen LogP contribution in [0.15, 0.2) is 80.2 Å². The van der Waals surface area contributed by atoms with E-state index in [2.05, 4.69) is 57.0 Å². The lowest BCUT2D eigenvalue weighted by Gasteiger charge is -2.24. The molecule has 0 saturated carbocycles. The Hall–Kier alpha value is -4.63. The highest BCUT2D eigenvalue weighted by molar-refractivity contribution is 6.02. The van der Waals surface area contributed by atoms with Crippen LogP contribution in [0, 0.1) is 0 Å². The Morgan fingerprint density at radius 2 is 2.00 bits per heavy atom. The predicted octanol–water partition coefficient (Wildman–Crippen LogP) is 4.82. The Bertz CT molecular complexity index is 1460. The molecule has 38 heavy (non-hydrogen) atoms. The molecule has 4 rings (SSSR count). The first-order chi connectivity index (χ1) is 18.5. The molecule has 0 saturated heterocycles. The van der Waals surface area contributed by atoms with Crippen molar-refractivity contribution in [2.24, 2.45) is 0 Å². The van der Waals surface area contributed by atoms with Crippen LogP contribution in [-0.2, 0) is 11.3 Å². The van der Waals surface area contributed by atoms with Crippen LogP contribution in [0.25, 0.3) is 22.2 Å². The number of amides is 1. The molecule has 2 heterocycles. The summed E-state index contributed by atoms with van der Waals surface area (Å²) in [5.74, 6) is 0.682. The molecular formula is C29H33N7O2. The minimum atomic E-state index is -0.307. The number of hydrogen-bond acceptors (Lipinski definition) is 7. The number of nitrogens with one attached hydrogen (secondary N) is 3. The number of anilines is 4. The molecule has 9 heteroatoms. The van der Waals surface area contributed by atoms with Crippen LogP contribution < -0.4 is 25.6 Å². The first-order valence-corrected chi connectivity index (χ1v) is 12.3. The molecule has 0 aliphatic heterocycles. The van der Waals surface area contributed by atoms with Crippen LogP contribution >= 0.6 is 0 Å². The van der Waals surface area contributed by atoms with E-state index in [1.165, 1.54) is 6.08 Å². The summed E-state index contributed by atoms with van der Waals surface area (Å²) in [5, 5.41) is 10.4. The van der Waals surface area contributed by atoms with Crippen LogP contribution in [0.5, 0.6) is 5.75 Å². The highest BCUT2D eigenvalue weighted by Gasteiger charge is 2.17. The summed E-state index contributed by atoms with van der Waals surface area (Å²) in [6.45, 7) is 9.66. The van der Waals surface area contributed by atoms with Gasteiger partial charge in [-0.2, -0.15) is 0 Å². The molecule has 0 atom stereocenters. The first kappa shape index (κ1) is 26.4. The molecule has 1 amide bonds. The number of fused-ring (bicyclic) bond motifs is 1. The van der Waals surface area contributed by atoms with Gasteiger partial charge in [-0.3, -0.25) is 4.79 Å². The predicted molar refractivity (Wildman–Crippen MR) is 155 cm³/mol. The van der Waals surface area contributed by atoms with Gasteiger partial charge < -0.3 is 30.2 Å². The molecule has 0 aliphatic carbocycles. The van der Waals surface area contributed by atoms with Crippen molar-refractivity contribution in [3.63, 3.8) is 0 Å². The lowest BCUT2D eigenvalue weighted by atomic mass is 10.1. The van der Waals surface area contributed by atoms with Crippen LogP contribution in [-0.4, -0.2) is 54.7 Å². The number of carbonyl (C=O) groups excluding carboxylic acids is 1. The monoisotopic (exact) mass is 511 g/mol. The number of hydrogen-bond donors (Lipinski definition) is 3. The molecule has 0 fully saturated rings. The molecule has 196 valence electrons. The van der Waals surface area contributed by atoms with E-state index in [1.54, 1.807) is 13.3 Å². The summed E-state index contributed by atoms with van der Waals surface area (Å²) in [7, 11) is 5.46. The normalized spacial score (nSPS) is 10.7. The third kappa shape index (κ3) is 5.68. The third-order valence-corrected chi connectivity index (χ3v) is 6.16. The summed E-state index contributed by atoms with van der Waals surface area (Å²) in [4.78, 5) is 23.5. The number of likely N-dealkylation sites (N-methyl/N-ethyl adjacent to an activating group) is 2. The maximum absolute atomic E-state index is 12.2. The van der Waals surface area contributed by atoms with Crippen molar-refractivity contribution in [2.45, 2.75) is 6.54 Å². The summed E-state index contributed by atoms with van der Waals surface area (Å²) in [6, 6.07) is 13.8. The largest absolute Gasteiger partial charge is 0.494 e. The maximum atomic E-state index is 12.2. The van der Waals surface area contributed by atoms with E-state index < -0.39 is 0 Å². The maximum Gasteiger partial charge on any atom is 0.247 e. The van der Waals surface area contributed by atoms with Gasteiger partial charge in [0.15, 0.2) is 0 Å². The number of benzene rings is 2. The summed E-state index contributed by atoms with van der Waals surface area (Å²) in [5.41, 5.74) is 4.93. The lowest BCUT2D eigenvalue weighted by molar-refractivity contribution is -0.111. The van der Waals surface area contributed by atoms with Gasteiger partial charge in [0.25, 0.3) is 0 Å². The Balaban J connectivity index is 1.72. The van der Waals surface area contributed by atoms with E-state index in [-0.39, 0.29) is 5.91 Å². The highest BCUT2D eigenvalue weighted by atomic mass is 16.5. The van der Waals surface area contributed by atoms with E-state index >= 15 is 0 Å². The fourth-order valence-electron chi connectivity index (χ4n) is 4.27. The van der Waals surface area contributed by atoms with Crippen LogP contribution in [0.3, 0.4) is 0 Å². The lowest BCUT2D eigenvalue weighted by Crippen LogP contribution is -2.28. The second-order valence-electron chi connectivity index (χ2n) is 8.68. The first-order valence-electron chi connectivity index (χ1n) is 12.3. The molecule has 2 aromatic carbocycles. The molecule has 2 aromatic heterocycles. The number of rotatable bonds is 12. The Kier molecular flexibility index (Phi) is 8.40. The van der Waals surface area contributed by atoms with E-state index in [9.17, 15) is 4.79 Å². The number of carbonyl (C=O) groups is 1. The molecule has 0 radical (unpaired) electrons. The molecule has 0 spiro atoms. The number of methoxy groups -OCH3 is 1. The van der Waals surface area contributed by atoms with Crippen molar-refractivity contribution in [1.82, 2.24) is 19.9 Å². The zero-order chi connectivity index (χ0) is 27.1. The quantitative estimate of drug-likeness (QED) is 0.185. The van der Waals surface area contributed by atoms with Gasteiger partial charge in [-0.15, -0.1) is 6.58 Å². The van der Waals surface area contributed by atoms with E-state index in [1.807, 2.05) is 55.4 Å². The van der Waals surface area contributed by atoms with Crippen LogP contribution in [0.2, 0.25) is 0 Å². The average Bonchev–Trinajstić information content (AvgIpc) is 3.30. The summed E-state index contributed by atoms with van der Waals surface area (Å²) in [6.07, 6.45) is 6.91. The minimum Gasteiger partial charge on any atom is -0.494 e. The number of ether oxygens (including phenoxy) is 1. The van der Waals surface area contributed by atoms with Crippen molar-refractivity contribution in [3.05, 3.63) is 80.2 Å². The minimum absolute atomic E-state index is 0.307. The summed E-state index contributed by atoms with van der Waals surface area (Å²) >= 11 is 0. The van der Waals surface area contributed by atoms with Gasteiger partial charge in [0.1, 0.15) is 5.75 Å². The number of nitrogens with zero attached hydrogens (tertiary/aromatic N) is 4. The van der Waals surface area contributed by atoms with E-state index in [0.29, 0.717) is 29.6 Å². The number of allylic oxidation sites excluding steroid dienone is 1. The van der Waals surface area contributed by atoms with Crippen molar-refractivity contribution in [2.75, 3.05) is 49.8 Å². The summed E-state index contributed by atoms with van der Waals surface area (Å²) < 4.78 is 7.84. The van der Waals surface area contributed by atoms with Crippen LogP contribution in [0.4, 0.5) is 23.0 Å². The number of para-hydroxylation sites is 1. The smallest absolute Gasteiger partial charge is 0.247 e. The molecule has 9 nitrogen and oxygen atoms in total. The molecule has 0 aliphatic rings. The molecule has 0 unspecified atom stereocenters. The van der Waals surface area contributed by atoms with E-state index in [0.717, 1.165) is 40.9 Å². The Morgan fingerprint density at radius 3 is 2.74 bits per heavy atom. The SMILES string of the molecule is C=CCn1cc(-c2ccnc(Nc3cc(NC(=O)C=C)c(N(C)CCNC)cc3OC)n2)c2ccccc21. The fourth-order valence-corrected chi connectivity index (χ4v) is 4.27. The van der Waals surface area contributed by atoms with Gasteiger partial charge in [-0.1, -0.05) is 30.9 Å². The second kappa shape index (κ2) is 12.1. The molecular weight excluding hydrogens is 478 g/mol. The van der Waals surface area contributed by atoms with Crippen LogP contribution in [0.1, 0.15) is 0 Å². The van der Waals surface area contributed by atoms with Gasteiger partial charge in [-0.05, 0) is 31.3 Å². The van der Waals surface area contributed by atoms with Gasteiger partial charge in [0, 0.05) is 61.6 Å².